The highest BCUT2D eigenvalue weighted by Gasteiger charge is 2.25. The van der Waals surface area contributed by atoms with Crippen LogP contribution in [-0.4, -0.2) is 32.4 Å². The van der Waals surface area contributed by atoms with Gasteiger partial charge in [0.25, 0.3) is 0 Å². The number of aromatic nitrogens is 2. The molecular weight excluding hydrogens is 500 g/mol. The SMILES string of the molecule is O=c1[nH]c(O)c(Cc2ccc(OC3CCCC(Oc4ccc(Cc5sc(=O)[nH]c5O)cc4)C3)cc2)s1. The van der Waals surface area contributed by atoms with Gasteiger partial charge in [-0.3, -0.25) is 19.6 Å². The topological polar surface area (TPSA) is 125 Å². The first-order valence-electron chi connectivity index (χ1n) is 11.7. The van der Waals surface area contributed by atoms with Crippen LogP contribution in [0.3, 0.4) is 0 Å². The van der Waals surface area contributed by atoms with Crippen molar-refractivity contribution in [3.8, 4) is 23.3 Å². The van der Waals surface area contributed by atoms with Crippen LogP contribution in [0.4, 0.5) is 0 Å². The van der Waals surface area contributed by atoms with Gasteiger partial charge in [-0.25, -0.2) is 0 Å². The summed E-state index contributed by atoms with van der Waals surface area (Å²) in [6.07, 6.45) is 4.84. The molecule has 2 atom stereocenters. The van der Waals surface area contributed by atoms with Crippen LogP contribution < -0.4 is 19.2 Å². The van der Waals surface area contributed by atoms with Gasteiger partial charge < -0.3 is 19.7 Å². The first-order valence-corrected chi connectivity index (χ1v) is 13.4. The van der Waals surface area contributed by atoms with Crippen LogP contribution in [-0.2, 0) is 12.8 Å². The number of rotatable bonds is 8. The second kappa shape index (κ2) is 10.6. The Hall–Kier alpha value is -3.50. The molecule has 1 aliphatic carbocycles. The molecule has 2 aromatic carbocycles. The van der Waals surface area contributed by atoms with Gasteiger partial charge in [0.15, 0.2) is 0 Å². The number of nitrogens with one attached hydrogen (secondary N) is 2. The molecule has 0 spiro atoms. The molecule has 188 valence electrons. The predicted molar refractivity (Wildman–Crippen MR) is 139 cm³/mol. The fraction of sp³-hybridized carbons (Fsp3) is 0.308. The van der Waals surface area contributed by atoms with E-state index in [-0.39, 0.29) is 33.7 Å². The molecule has 2 heterocycles. The van der Waals surface area contributed by atoms with Gasteiger partial charge in [-0.1, -0.05) is 46.9 Å². The summed E-state index contributed by atoms with van der Waals surface area (Å²) in [6, 6.07) is 15.5. The van der Waals surface area contributed by atoms with Crippen molar-refractivity contribution in [2.24, 2.45) is 0 Å². The van der Waals surface area contributed by atoms with Crippen molar-refractivity contribution in [2.75, 3.05) is 0 Å². The van der Waals surface area contributed by atoms with E-state index >= 15 is 0 Å². The van der Waals surface area contributed by atoms with Crippen molar-refractivity contribution in [1.82, 2.24) is 9.97 Å². The van der Waals surface area contributed by atoms with Gasteiger partial charge in [0, 0.05) is 19.3 Å². The normalized spacial score (nSPS) is 17.7. The van der Waals surface area contributed by atoms with Crippen LogP contribution in [0.1, 0.15) is 46.6 Å². The Bertz CT molecular complexity index is 1310. The summed E-state index contributed by atoms with van der Waals surface area (Å²) in [5.74, 6) is 1.45. The Morgan fingerprint density at radius 1 is 0.722 bits per heavy atom. The van der Waals surface area contributed by atoms with Crippen LogP contribution in [0.25, 0.3) is 0 Å². The van der Waals surface area contributed by atoms with Gasteiger partial charge in [-0.15, -0.1) is 0 Å². The minimum atomic E-state index is -0.260. The Morgan fingerprint density at radius 2 is 1.14 bits per heavy atom. The van der Waals surface area contributed by atoms with Crippen LogP contribution >= 0.6 is 22.7 Å². The van der Waals surface area contributed by atoms with Crippen LogP contribution in [0.15, 0.2) is 58.1 Å². The zero-order valence-corrected chi connectivity index (χ0v) is 21.0. The Labute approximate surface area is 214 Å². The monoisotopic (exact) mass is 526 g/mol. The maximum absolute atomic E-state index is 11.4. The summed E-state index contributed by atoms with van der Waals surface area (Å²) < 4.78 is 12.4. The molecule has 5 rings (SSSR count). The molecule has 36 heavy (non-hydrogen) atoms. The molecular formula is C26H26N2O6S2. The van der Waals surface area contributed by atoms with Gasteiger partial charge in [0.05, 0.1) is 9.75 Å². The average molecular weight is 527 g/mol. The number of aromatic hydroxyl groups is 2. The van der Waals surface area contributed by atoms with Crippen LogP contribution in [0.2, 0.25) is 0 Å². The van der Waals surface area contributed by atoms with E-state index in [0.29, 0.717) is 22.6 Å². The van der Waals surface area contributed by atoms with Crippen molar-refractivity contribution in [3.05, 3.63) is 88.7 Å². The molecule has 2 aromatic heterocycles. The second-order valence-electron chi connectivity index (χ2n) is 8.86. The van der Waals surface area contributed by atoms with E-state index in [4.69, 9.17) is 9.47 Å². The van der Waals surface area contributed by atoms with E-state index in [1.165, 1.54) is 0 Å². The summed E-state index contributed by atoms with van der Waals surface area (Å²) in [5.41, 5.74) is 1.98. The lowest BCUT2D eigenvalue weighted by molar-refractivity contribution is 0.0680. The highest BCUT2D eigenvalue weighted by molar-refractivity contribution is 7.09. The molecule has 0 bridgehead atoms. The number of H-pyrrole nitrogens is 2. The van der Waals surface area contributed by atoms with Crippen molar-refractivity contribution in [3.63, 3.8) is 0 Å². The molecule has 4 aromatic rings. The zero-order chi connectivity index (χ0) is 25.1. The average Bonchev–Trinajstić information content (AvgIpc) is 3.34. The molecule has 10 heteroatoms. The molecule has 1 fully saturated rings. The lowest BCUT2D eigenvalue weighted by atomic mass is 9.94. The summed E-state index contributed by atoms with van der Waals surface area (Å²) in [4.78, 5) is 28.2. The fourth-order valence-corrected chi connectivity index (χ4v) is 5.90. The third kappa shape index (κ3) is 6.00. The zero-order valence-electron chi connectivity index (χ0n) is 19.4. The largest absolute Gasteiger partial charge is 0.494 e. The van der Waals surface area contributed by atoms with Gasteiger partial charge in [0.2, 0.25) is 11.8 Å². The standard InChI is InChI=1S/C26H26N2O6S2/c29-23-21(35-25(31)27-23)12-15-4-8-17(9-5-15)33-19-2-1-3-20(14-19)34-18-10-6-16(7-11-18)13-22-24(30)28-26(32)36-22/h4-11,19-20,29-30H,1-3,12-14H2,(H,27,31)(H,28,32). The highest BCUT2D eigenvalue weighted by atomic mass is 32.1. The van der Waals surface area contributed by atoms with Crippen molar-refractivity contribution < 1.29 is 19.7 Å². The highest BCUT2D eigenvalue weighted by Crippen LogP contribution is 2.29. The molecule has 2 unspecified atom stereocenters. The number of ether oxygens (including phenoxy) is 2. The number of hydrogen-bond donors (Lipinski definition) is 4. The molecule has 0 radical (unpaired) electrons. The number of aromatic amines is 2. The van der Waals surface area contributed by atoms with Crippen molar-refractivity contribution in [1.29, 1.82) is 0 Å². The number of benzene rings is 2. The molecule has 0 saturated heterocycles. The summed E-state index contributed by atoms with van der Waals surface area (Å²) in [5, 5.41) is 19.6. The first kappa shape index (κ1) is 24.2. The van der Waals surface area contributed by atoms with E-state index in [1.54, 1.807) is 0 Å². The molecule has 8 nitrogen and oxygen atoms in total. The smallest absolute Gasteiger partial charge is 0.307 e. The third-order valence-corrected chi connectivity index (χ3v) is 7.90. The molecule has 0 aliphatic heterocycles. The van der Waals surface area contributed by atoms with E-state index < -0.39 is 0 Å². The van der Waals surface area contributed by atoms with Crippen molar-refractivity contribution >= 4 is 22.7 Å². The lowest BCUT2D eigenvalue weighted by Gasteiger charge is -2.30. The predicted octanol–water partition coefficient (Wildman–Crippen LogP) is 4.55. The number of hydrogen-bond acceptors (Lipinski definition) is 8. The van der Waals surface area contributed by atoms with Gasteiger partial charge in [0.1, 0.15) is 23.7 Å². The summed E-state index contributed by atoms with van der Waals surface area (Å²) >= 11 is 2.03. The Morgan fingerprint density at radius 3 is 1.50 bits per heavy atom. The Kier molecular flexibility index (Phi) is 7.15. The molecule has 4 N–H and O–H groups in total. The molecule has 1 aliphatic rings. The fourth-order valence-electron chi connectivity index (χ4n) is 4.39. The first-order chi connectivity index (χ1) is 17.4. The van der Waals surface area contributed by atoms with Gasteiger partial charge in [-0.05, 0) is 54.7 Å². The van der Waals surface area contributed by atoms with Crippen LogP contribution in [0.5, 0.6) is 23.3 Å². The maximum atomic E-state index is 11.4. The molecule has 0 amide bonds. The third-order valence-electron chi connectivity index (χ3n) is 6.16. The van der Waals surface area contributed by atoms with E-state index in [1.807, 2.05) is 48.5 Å². The molecule has 1 saturated carbocycles. The van der Waals surface area contributed by atoms with Gasteiger partial charge in [-0.2, -0.15) is 0 Å². The second-order valence-corrected chi connectivity index (χ2v) is 11.0. The number of thiazole rings is 2. The van der Waals surface area contributed by atoms with E-state index in [0.717, 1.165) is 71.0 Å². The van der Waals surface area contributed by atoms with E-state index in [9.17, 15) is 19.8 Å². The Balaban J connectivity index is 1.13. The maximum Gasteiger partial charge on any atom is 0.307 e. The minimum Gasteiger partial charge on any atom is -0.494 e. The minimum absolute atomic E-state index is 0.0622. The summed E-state index contributed by atoms with van der Waals surface area (Å²) in [7, 11) is 0. The van der Waals surface area contributed by atoms with Crippen LogP contribution in [0, 0.1) is 0 Å². The van der Waals surface area contributed by atoms with Gasteiger partial charge >= 0.3 is 9.75 Å². The quantitative estimate of drug-likeness (QED) is 0.267. The lowest BCUT2D eigenvalue weighted by Crippen LogP contribution is -2.31. The van der Waals surface area contributed by atoms with Crippen molar-refractivity contribution in [2.45, 2.75) is 50.7 Å². The van der Waals surface area contributed by atoms with E-state index in [2.05, 4.69) is 9.97 Å². The summed E-state index contributed by atoms with van der Waals surface area (Å²) in [6.45, 7) is 0.